The Hall–Kier alpha value is -6.58. The second-order valence-electron chi connectivity index (χ2n) is 15.1. The quantitative estimate of drug-likeness (QED) is 0.0492. The second kappa shape index (κ2) is 21.4. The lowest BCUT2D eigenvalue weighted by Gasteiger charge is -2.26. The third-order valence-electron chi connectivity index (χ3n) is 10.3. The Labute approximate surface area is 349 Å². The Bertz CT molecular complexity index is 2280. The molecule has 0 aliphatic carbocycles. The van der Waals surface area contributed by atoms with Gasteiger partial charge in [0, 0.05) is 36.4 Å². The fraction of sp³-hybridized carbons (Fsp3) is 0.333. The minimum absolute atomic E-state index is 0.0139. The fourth-order valence-electron chi connectivity index (χ4n) is 6.90. The van der Waals surface area contributed by atoms with Crippen molar-refractivity contribution in [2.45, 2.75) is 88.6 Å². The van der Waals surface area contributed by atoms with Crippen LogP contribution in [0.3, 0.4) is 0 Å². The van der Waals surface area contributed by atoms with Crippen LogP contribution in [0.2, 0.25) is 0 Å². The molecule has 6 atom stereocenters. The second-order valence-corrected chi connectivity index (χ2v) is 15.1. The van der Waals surface area contributed by atoms with Crippen LogP contribution < -0.4 is 43.8 Å². The number of primary amides is 1. The molecule has 0 fully saturated rings. The molecule has 0 radical (unpaired) electrons. The average molecular weight is 818 g/mol. The van der Waals surface area contributed by atoms with E-state index in [9.17, 15) is 28.8 Å². The van der Waals surface area contributed by atoms with Crippen molar-refractivity contribution in [2.24, 2.45) is 17.2 Å². The van der Waals surface area contributed by atoms with E-state index in [1.165, 1.54) is 13.8 Å². The molecule has 6 amide bonds. The summed E-state index contributed by atoms with van der Waals surface area (Å²) in [5.74, 6) is -3.90. The summed E-state index contributed by atoms with van der Waals surface area (Å²) in [7, 11) is 0. The van der Waals surface area contributed by atoms with Gasteiger partial charge in [-0.3, -0.25) is 28.8 Å². The molecule has 1 heterocycles. The molecule has 12 N–H and O–H groups in total. The summed E-state index contributed by atoms with van der Waals surface area (Å²) in [5, 5.41) is 16.5. The molecule has 5 rings (SSSR count). The molecule has 4 aromatic carbocycles. The molecule has 1 aromatic heterocycles. The number of aromatic amines is 1. The number of aromatic nitrogens is 1. The molecule has 0 bridgehead atoms. The predicted molar refractivity (Wildman–Crippen MR) is 231 cm³/mol. The van der Waals surface area contributed by atoms with E-state index in [1.54, 1.807) is 30.5 Å². The number of unbranched alkanes of at least 4 members (excludes halogenated alkanes) is 1. The number of H-pyrrole nitrogens is 1. The largest absolute Gasteiger partial charge is 0.368 e. The van der Waals surface area contributed by atoms with Crippen molar-refractivity contribution in [3.05, 3.63) is 120 Å². The summed E-state index contributed by atoms with van der Waals surface area (Å²) in [6.45, 7) is 3.38. The SMILES string of the molecule is C[C@@H](N)C(=O)NC(Cc1ccc2ccccc2c1)C(=O)N[C@H](C)C(=O)N[C@@H](Cc1c[nH]c2ccccc12)C(=O)NC(Cc1ccccc1)C(=O)N[C@@H](CCCCN)C(N)=O. The summed E-state index contributed by atoms with van der Waals surface area (Å²) < 4.78 is 0. The van der Waals surface area contributed by atoms with Crippen molar-refractivity contribution in [3.63, 3.8) is 0 Å². The van der Waals surface area contributed by atoms with E-state index < -0.39 is 71.7 Å². The molecule has 0 aliphatic rings. The van der Waals surface area contributed by atoms with Crippen LogP contribution in [0.15, 0.2) is 103 Å². The molecule has 0 saturated carbocycles. The summed E-state index contributed by atoms with van der Waals surface area (Å²) >= 11 is 0. The number of benzene rings is 4. The Kier molecular flexibility index (Phi) is 15.9. The Morgan fingerprint density at radius 3 is 1.83 bits per heavy atom. The monoisotopic (exact) mass is 817 g/mol. The molecule has 2 unspecified atom stereocenters. The van der Waals surface area contributed by atoms with Crippen LogP contribution >= 0.6 is 0 Å². The molecular weight excluding hydrogens is 763 g/mol. The van der Waals surface area contributed by atoms with Crippen LogP contribution in [-0.4, -0.2) is 83.2 Å². The normalized spacial score (nSPS) is 14.2. The van der Waals surface area contributed by atoms with Gasteiger partial charge >= 0.3 is 0 Å². The molecular formula is C45H55N9O6. The smallest absolute Gasteiger partial charge is 0.243 e. The van der Waals surface area contributed by atoms with Crippen molar-refractivity contribution in [1.29, 1.82) is 0 Å². The maximum atomic E-state index is 14.3. The van der Waals surface area contributed by atoms with Crippen LogP contribution in [0.4, 0.5) is 0 Å². The van der Waals surface area contributed by atoms with Gasteiger partial charge in [-0.1, -0.05) is 91.0 Å². The summed E-state index contributed by atoms with van der Waals surface area (Å²) in [4.78, 5) is 84.2. The number of amides is 6. The highest BCUT2D eigenvalue weighted by Gasteiger charge is 2.32. The zero-order valence-electron chi connectivity index (χ0n) is 33.9. The molecule has 15 nitrogen and oxygen atoms in total. The number of carbonyl (C=O) groups is 6. The summed E-state index contributed by atoms with van der Waals surface area (Å²) in [6, 6.07) is 23.4. The lowest BCUT2D eigenvalue weighted by Crippen LogP contribution is -2.59. The van der Waals surface area contributed by atoms with Gasteiger partial charge in [-0.05, 0) is 73.2 Å². The Balaban J connectivity index is 1.37. The number of para-hydroxylation sites is 1. The number of nitrogens with two attached hydrogens (primary N) is 3. The number of rotatable bonds is 21. The van der Waals surface area contributed by atoms with Gasteiger partial charge in [0.05, 0.1) is 6.04 Å². The van der Waals surface area contributed by atoms with Gasteiger partial charge in [0.25, 0.3) is 0 Å². The van der Waals surface area contributed by atoms with E-state index in [0.717, 1.165) is 38.4 Å². The lowest BCUT2D eigenvalue weighted by atomic mass is 10.0. The van der Waals surface area contributed by atoms with Crippen LogP contribution in [0.25, 0.3) is 21.7 Å². The molecule has 15 heteroatoms. The first-order valence-electron chi connectivity index (χ1n) is 20.2. The van der Waals surface area contributed by atoms with E-state index in [2.05, 4.69) is 31.6 Å². The number of carbonyl (C=O) groups excluding carboxylic acids is 6. The first-order chi connectivity index (χ1) is 28.8. The molecule has 316 valence electrons. The highest BCUT2D eigenvalue weighted by atomic mass is 16.2. The molecule has 0 spiro atoms. The van der Waals surface area contributed by atoms with E-state index in [1.807, 2.05) is 72.8 Å². The van der Waals surface area contributed by atoms with Crippen molar-refractivity contribution in [2.75, 3.05) is 6.54 Å². The van der Waals surface area contributed by atoms with Gasteiger partial charge in [-0.25, -0.2) is 0 Å². The minimum atomic E-state index is -1.23. The Morgan fingerprint density at radius 1 is 0.583 bits per heavy atom. The van der Waals surface area contributed by atoms with Gasteiger partial charge in [-0.2, -0.15) is 0 Å². The third kappa shape index (κ3) is 12.5. The van der Waals surface area contributed by atoms with Crippen molar-refractivity contribution in [3.8, 4) is 0 Å². The lowest BCUT2D eigenvalue weighted by molar-refractivity contribution is -0.134. The zero-order valence-corrected chi connectivity index (χ0v) is 33.9. The van der Waals surface area contributed by atoms with Gasteiger partial charge in [0.2, 0.25) is 35.4 Å². The van der Waals surface area contributed by atoms with Crippen molar-refractivity contribution < 1.29 is 28.8 Å². The minimum Gasteiger partial charge on any atom is -0.368 e. The summed E-state index contributed by atoms with van der Waals surface area (Å²) in [5.41, 5.74) is 20.2. The molecule has 5 aromatic rings. The van der Waals surface area contributed by atoms with Crippen molar-refractivity contribution in [1.82, 2.24) is 31.6 Å². The standard InChI is InChI=1S/C45H55N9O6/c1-27(47)41(56)52-38(24-30-19-20-31-14-6-7-15-32(31)22-30)43(58)50-28(2)42(57)53-39(25-33-26-49-35-17-9-8-16-34(33)35)45(60)54-37(23-29-12-4-3-5-13-29)44(59)51-36(40(48)55)18-10-11-21-46/h3-9,12-17,19-20,22,26-28,36-39,49H,10-11,18,21,23-25,46-47H2,1-2H3,(H2,48,55)(H,50,58)(H,51,59)(H,52,56)(H,53,57)(H,54,60)/t27-,28-,36+,37?,38?,39+/m1/s1. The van der Waals surface area contributed by atoms with E-state index in [-0.39, 0.29) is 25.7 Å². The van der Waals surface area contributed by atoms with E-state index in [0.29, 0.717) is 19.4 Å². The predicted octanol–water partition coefficient (Wildman–Crippen LogP) is 1.75. The number of hydrogen-bond donors (Lipinski definition) is 9. The zero-order chi connectivity index (χ0) is 43.2. The van der Waals surface area contributed by atoms with E-state index in [4.69, 9.17) is 17.2 Å². The average Bonchev–Trinajstić information content (AvgIpc) is 3.65. The van der Waals surface area contributed by atoms with E-state index >= 15 is 0 Å². The van der Waals surface area contributed by atoms with Gasteiger partial charge in [-0.15, -0.1) is 0 Å². The van der Waals surface area contributed by atoms with Crippen LogP contribution in [0.1, 0.15) is 49.8 Å². The fourth-order valence-corrected chi connectivity index (χ4v) is 6.90. The molecule has 60 heavy (non-hydrogen) atoms. The molecule has 0 saturated heterocycles. The maximum absolute atomic E-state index is 14.3. The number of nitrogens with one attached hydrogen (secondary N) is 6. The van der Waals surface area contributed by atoms with Gasteiger partial charge in [0.1, 0.15) is 30.2 Å². The summed E-state index contributed by atoms with van der Waals surface area (Å²) in [6.07, 6.45) is 3.39. The number of fused-ring (bicyclic) bond motifs is 2. The first kappa shape index (κ1) is 44.5. The first-order valence-corrected chi connectivity index (χ1v) is 20.2. The topological polar surface area (TPSA) is 256 Å². The van der Waals surface area contributed by atoms with Crippen LogP contribution in [0, 0.1) is 0 Å². The maximum Gasteiger partial charge on any atom is 0.243 e. The van der Waals surface area contributed by atoms with Crippen molar-refractivity contribution >= 4 is 57.1 Å². The molecule has 0 aliphatic heterocycles. The highest BCUT2D eigenvalue weighted by molar-refractivity contribution is 5.97. The van der Waals surface area contributed by atoms with Crippen LogP contribution in [0.5, 0.6) is 0 Å². The van der Waals surface area contributed by atoms with Crippen LogP contribution in [-0.2, 0) is 48.0 Å². The highest BCUT2D eigenvalue weighted by Crippen LogP contribution is 2.20. The van der Waals surface area contributed by atoms with Gasteiger partial charge < -0.3 is 48.8 Å². The Morgan fingerprint density at radius 2 is 1.15 bits per heavy atom. The third-order valence-corrected chi connectivity index (χ3v) is 10.3. The van der Waals surface area contributed by atoms with Gasteiger partial charge in [0.15, 0.2) is 0 Å². The number of hydrogen-bond acceptors (Lipinski definition) is 8.